The average Bonchev–Trinajstić information content (AvgIpc) is 3.41. The molecule has 3 heterocycles. The number of carbonyl (C=O) groups is 1. The number of aryl methyl sites for hydroxylation is 2. The molecule has 0 spiro atoms. The zero-order chi connectivity index (χ0) is 22.5. The number of anilines is 1. The Bertz CT molecular complexity index is 1030. The second-order valence-corrected chi connectivity index (χ2v) is 8.47. The molecule has 1 amide bonds. The quantitative estimate of drug-likeness (QED) is 0.586. The minimum atomic E-state index is -0.122. The molecule has 8 nitrogen and oxygen atoms in total. The van der Waals surface area contributed by atoms with Crippen molar-refractivity contribution in [3.05, 3.63) is 59.7 Å². The lowest BCUT2D eigenvalue weighted by Crippen LogP contribution is -2.34. The van der Waals surface area contributed by atoms with E-state index in [1.54, 1.807) is 11.8 Å². The van der Waals surface area contributed by atoms with Gasteiger partial charge >= 0.3 is 0 Å². The number of piperidine rings is 1. The van der Waals surface area contributed by atoms with Gasteiger partial charge in [-0.15, -0.1) is 0 Å². The van der Waals surface area contributed by atoms with Gasteiger partial charge in [-0.3, -0.25) is 19.1 Å². The number of likely N-dealkylation sites (tertiary alicyclic amines) is 1. The Kier molecular flexibility index (Phi) is 6.90. The Labute approximate surface area is 189 Å². The topological polar surface area (TPSA) is 77.2 Å². The third kappa shape index (κ3) is 5.37. The predicted molar refractivity (Wildman–Crippen MR) is 124 cm³/mol. The van der Waals surface area contributed by atoms with Crippen LogP contribution in [0.3, 0.4) is 0 Å². The van der Waals surface area contributed by atoms with E-state index in [0.29, 0.717) is 11.5 Å². The van der Waals surface area contributed by atoms with Crippen LogP contribution in [0.15, 0.2) is 42.9 Å². The lowest BCUT2D eigenvalue weighted by molar-refractivity contribution is 0.102. The van der Waals surface area contributed by atoms with Crippen molar-refractivity contribution < 1.29 is 9.53 Å². The number of amides is 1. The van der Waals surface area contributed by atoms with E-state index in [0.717, 1.165) is 62.6 Å². The zero-order valence-electron chi connectivity index (χ0n) is 19.1. The van der Waals surface area contributed by atoms with Crippen molar-refractivity contribution in [2.75, 3.05) is 25.5 Å². The first-order valence-corrected chi connectivity index (χ1v) is 11.3. The van der Waals surface area contributed by atoms with E-state index < -0.39 is 0 Å². The van der Waals surface area contributed by atoms with Crippen LogP contribution in [0.4, 0.5) is 5.69 Å². The number of aromatic nitrogens is 4. The monoisotopic (exact) mass is 436 g/mol. The molecule has 8 heteroatoms. The molecule has 0 bridgehead atoms. The summed E-state index contributed by atoms with van der Waals surface area (Å²) in [5.74, 6) is 1.17. The van der Waals surface area contributed by atoms with Gasteiger partial charge < -0.3 is 10.1 Å². The molecule has 1 saturated heterocycles. The molecule has 3 aromatic rings. The number of hydrogen-bond acceptors (Lipinski definition) is 5. The molecule has 0 aliphatic carbocycles. The van der Waals surface area contributed by atoms with Crippen molar-refractivity contribution in [1.82, 2.24) is 24.5 Å². The van der Waals surface area contributed by atoms with E-state index in [2.05, 4.69) is 33.5 Å². The van der Waals surface area contributed by atoms with Crippen molar-refractivity contribution in [1.29, 1.82) is 0 Å². The summed E-state index contributed by atoms with van der Waals surface area (Å²) >= 11 is 0. The fraction of sp³-hybridized carbons (Fsp3) is 0.458. The van der Waals surface area contributed by atoms with Gasteiger partial charge in [0.15, 0.2) is 0 Å². The van der Waals surface area contributed by atoms with Crippen LogP contribution in [0.2, 0.25) is 0 Å². The molecule has 4 rings (SSSR count). The summed E-state index contributed by atoms with van der Waals surface area (Å²) in [4.78, 5) is 15.4. The molecular formula is C24H32N6O2. The summed E-state index contributed by atoms with van der Waals surface area (Å²) in [6.07, 6.45) is 8.96. The second-order valence-electron chi connectivity index (χ2n) is 8.47. The van der Waals surface area contributed by atoms with Crippen LogP contribution < -0.4 is 10.1 Å². The van der Waals surface area contributed by atoms with Crippen molar-refractivity contribution in [3.63, 3.8) is 0 Å². The number of ether oxygens (including phenoxy) is 1. The number of rotatable bonds is 8. The third-order valence-corrected chi connectivity index (χ3v) is 6.10. The molecule has 0 saturated carbocycles. The molecule has 2 aromatic heterocycles. The molecular weight excluding hydrogens is 404 g/mol. The van der Waals surface area contributed by atoms with Gasteiger partial charge in [-0.2, -0.15) is 10.2 Å². The number of carbonyl (C=O) groups excluding carboxylic acids is 1. The number of nitrogens with one attached hydrogen (secondary N) is 1. The fourth-order valence-electron chi connectivity index (χ4n) is 4.29. The Morgan fingerprint density at radius 2 is 1.94 bits per heavy atom. The highest BCUT2D eigenvalue weighted by atomic mass is 16.5. The minimum absolute atomic E-state index is 0.122. The largest absolute Gasteiger partial charge is 0.497 e. The first-order chi connectivity index (χ1) is 15.5. The molecule has 32 heavy (non-hydrogen) atoms. The van der Waals surface area contributed by atoms with E-state index >= 15 is 0 Å². The third-order valence-electron chi connectivity index (χ3n) is 6.10. The highest BCUT2D eigenvalue weighted by Crippen LogP contribution is 2.24. The summed E-state index contributed by atoms with van der Waals surface area (Å²) in [5.41, 5.74) is 3.54. The molecule has 0 radical (unpaired) electrons. The van der Waals surface area contributed by atoms with Gasteiger partial charge in [0, 0.05) is 43.8 Å². The predicted octanol–water partition coefficient (Wildman–Crippen LogP) is 3.35. The molecule has 170 valence electrons. The number of benzene rings is 1. The molecule has 1 aromatic carbocycles. The number of nitrogens with zero attached hydrogens (tertiary/aromatic N) is 5. The van der Waals surface area contributed by atoms with Crippen molar-refractivity contribution in [3.8, 4) is 5.75 Å². The first-order valence-electron chi connectivity index (χ1n) is 11.3. The van der Waals surface area contributed by atoms with Gasteiger partial charge in [0.05, 0.1) is 24.6 Å². The lowest BCUT2D eigenvalue weighted by atomic mass is 9.91. The maximum absolute atomic E-state index is 12.9. The zero-order valence-corrected chi connectivity index (χ0v) is 19.1. The van der Waals surface area contributed by atoms with Crippen LogP contribution in [0, 0.1) is 5.92 Å². The Morgan fingerprint density at radius 3 is 2.59 bits per heavy atom. The van der Waals surface area contributed by atoms with Crippen molar-refractivity contribution >= 4 is 11.6 Å². The lowest BCUT2D eigenvalue weighted by Gasteiger charge is -2.31. The highest BCUT2D eigenvalue weighted by Gasteiger charge is 2.24. The fourth-order valence-corrected chi connectivity index (χ4v) is 4.29. The Hall–Kier alpha value is -3.13. The standard InChI is InChI=1S/C24H32N6O2/c1-4-30-16-19(14-25-30)15-29-11-9-18(10-12-29)13-23-22(17-28(2)27-23)24(31)26-20-5-7-21(32-3)8-6-20/h5-8,14,16-18H,4,9-13,15H2,1-3H3,(H,26,31). The smallest absolute Gasteiger partial charge is 0.259 e. The molecule has 0 atom stereocenters. The average molecular weight is 437 g/mol. The van der Waals surface area contributed by atoms with Crippen LogP contribution in [0.25, 0.3) is 0 Å². The SMILES string of the molecule is CCn1cc(CN2CCC(Cc3nn(C)cc3C(=O)Nc3ccc(OC)cc3)CC2)cn1. The van der Waals surface area contributed by atoms with Gasteiger partial charge in [-0.1, -0.05) is 0 Å². The Balaban J connectivity index is 1.33. The second kappa shape index (κ2) is 9.99. The molecule has 1 N–H and O–H groups in total. The molecule has 1 fully saturated rings. The van der Waals surface area contributed by atoms with Crippen LogP contribution in [0.5, 0.6) is 5.75 Å². The van der Waals surface area contributed by atoms with Crippen LogP contribution >= 0.6 is 0 Å². The summed E-state index contributed by atoms with van der Waals surface area (Å²) in [6, 6.07) is 7.35. The summed E-state index contributed by atoms with van der Waals surface area (Å²) in [5, 5.41) is 12.0. The van der Waals surface area contributed by atoms with Crippen molar-refractivity contribution in [2.24, 2.45) is 13.0 Å². The van der Waals surface area contributed by atoms with E-state index in [-0.39, 0.29) is 5.91 Å². The van der Waals surface area contributed by atoms with Gasteiger partial charge in [0.25, 0.3) is 5.91 Å². The van der Waals surface area contributed by atoms with E-state index in [9.17, 15) is 4.79 Å². The maximum atomic E-state index is 12.9. The van der Waals surface area contributed by atoms with Crippen LogP contribution in [-0.2, 0) is 26.6 Å². The van der Waals surface area contributed by atoms with E-state index in [4.69, 9.17) is 4.74 Å². The summed E-state index contributed by atoms with van der Waals surface area (Å²) in [7, 11) is 3.49. The van der Waals surface area contributed by atoms with E-state index in [1.165, 1.54) is 5.56 Å². The van der Waals surface area contributed by atoms with E-state index in [1.807, 2.05) is 48.4 Å². The molecule has 1 aliphatic heterocycles. The van der Waals surface area contributed by atoms with Crippen LogP contribution in [0.1, 0.15) is 41.4 Å². The molecule has 0 unspecified atom stereocenters. The summed E-state index contributed by atoms with van der Waals surface area (Å²) < 4.78 is 8.89. The first kappa shape index (κ1) is 22.1. The van der Waals surface area contributed by atoms with Crippen molar-refractivity contribution in [2.45, 2.75) is 39.3 Å². The van der Waals surface area contributed by atoms with Gasteiger partial charge in [0.2, 0.25) is 0 Å². The number of hydrogen-bond donors (Lipinski definition) is 1. The van der Waals surface area contributed by atoms with Gasteiger partial charge in [-0.05, 0) is 69.5 Å². The van der Waals surface area contributed by atoms with Gasteiger partial charge in [-0.25, -0.2) is 0 Å². The molecule has 1 aliphatic rings. The highest BCUT2D eigenvalue weighted by molar-refractivity contribution is 6.04. The Morgan fingerprint density at radius 1 is 1.19 bits per heavy atom. The normalized spacial score (nSPS) is 15.1. The van der Waals surface area contributed by atoms with Crippen LogP contribution in [-0.4, -0.2) is 50.6 Å². The number of methoxy groups -OCH3 is 1. The maximum Gasteiger partial charge on any atom is 0.259 e. The summed E-state index contributed by atoms with van der Waals surface area (Å²) in [6.45, 7) is 6.07. The minimum Gasteiger partial charge on any atom is -0.497 e. The van der Waals surface area contributed by atoms with Gasteiger partial charge in [0.1, 0.15) is 5.75 Å².